The van der Waals surface area contributed by atoms with Crippen LogP contribution in [-0.2, 0) is 0 Å². The smallest absolute Gasteiger partial charge is 0.268 e. The number of pyridine rings is 1. The Kier molecular flexibility index (Phi) is 3.66. The predicted molar refractivity (Wildman–Crippen MR) is 71.3 cm³/mol. The minimum atomic E-state index is -0.275. The summed E-state index contributed by atoms with van der Waals surface area (Å²) in [7, 11) is 0. The van der Waals surface area contributed by atoms with Crippen LogP contribution in [0.1, 0.15) is 15.2 Å². The third-order valence-electron chi connectivity index (χ3n) is 2.06. The van der Waals surface area contributed by atoms with Gasteiger partial charge in [0.25, 0.3) is 5.91 Å². The largest absolute Gasteiger partial charge is 0.306 e. The molecule has 2 aromatic heterocycles. The highest BCUT2D eigenvalue weighted by Crippen LogP contribution is 2.27. The summed E-state index contributed by atoms with van der Waals surface area (Å²) >= 11 is 13.0. The Morgan fingerprint density at radius 3 is 2.76 bits per heavy atom. The average molecular weight is 287 g/mol. The summed E-state index contributed by atoms with van der Waals surface area (Å²) in [6, 6.07) is 5.02. The number of anilines is 1. The lowest BCUT2D eigenvalue weighted by Gasteiger charge is -2.03. The van der Waals surface area contributed by atoms with Gasteiger partial charge in [-0.25, -0.2) is 4.98 Å². The Morgan fingerprint density at radius 2 is 2.18 bits per heavy atom. The van der Waals surface area contributed by atoms with E-state index in [1.165, 1.54) is 11.3 Å². The van der Waals surface area contributed by atoms with E-state index in [1.807, 2.05) is 12.3 Å². The van der Waals surface area contributed by atoms with Gasteiger partial charge in [0.05, 0.1) is 5.02 Å². The molecule has 0 bridgehead atoms. The number of nitrogens with one attached hydrogen (secondary N) is 1. The van der Waals surface area contributed by atoms with Crippen LogP contribution in [-0.4, -0.2) is 10.9 Å². The van der Waals surface area contributed by atoms with Crippen LogP contribution >= 0.6 is 34.5 Å². The molecule has 2 rings (SSSR count). The van der Waals surface area contributed by atoms with Crippen LogP contribution < -0.4 is 5.32 Å². The van der Waals surface area contributed by atoms with Crippen LogP contribution in [0, 0.1) is 6.92 Å². The molecule has 0 fully saturated rings. The van der Waals surface area contributed by atoms with Gasteiger partial charge in [-0.1, -0.05) is 29.3 Å². The zero-order valence-corrected chi connectivity index (χ0v) is 11.2. The van der Waals surface area contributed by atoms with Crippen LogP contribution in [0.15, 0.2) is 23.6 Å². The molecular weight excluding hydrogens is 279 g/mol. The first-order valence-corrected chi connectivity index (χ1v) is 6.39. The third kappa shape index (κ3) is 2.77. The molecule has 2 heterocycles. The molecule has 0 saturated carbocycles. The van der Waals surface area contributed by atoms with Gasteiger partial charge in [-0.3, -0.25) is 4.79 Å². The van der Waals surface area contributed by atoms with Crippen molar-refractivity contribution >= 4 is 46.3 Å². The van der Waals surface area contributed by atoms with Gasteiger partial charge < -0.3 is 5.32 Å². The maximum Gasteiger partial charge on any atom is 0.268 e. The van der Waals surface area contributed by atoms with E-state index in [4.69, 9.17) is 23.2 Å². The molecule has 1 N–H and O–H groups in total. The second kappa shape index (κ2) is 5.04. The quantitative estimate of drug-likeness (QED) is 0.848. The minimum Gasteiger partial charge on any atom is -0.306 e. The topological polar surface area (TPSA) is 42.0 Å². The fourth-order valence-corrected chi connectivity index (χ4v) is 2.57. The highest BCUT2D eigenvalue weighted by molar-refractivity contribution is 7.13. The molecule has 0 unspecified atom stereocenters. The van der Waals surface area contributed by atoms with Gasteiger partial charge >= 0.3 is 0 Å². The van der Waals surface area contributed by atoms with Crippen molar-refractivity contribution in [3.05, 3.63) is 44.2 Å². The number of carbonyl (C=O) groups excluding carboxylic acids is 1. The van der Waals surface area contributed by atoms with Crippen molar-refractivity contribution in [1.29, 1.82) is 0 Å². The lowest BCUT2D eigenvalue weighted by atomic mass is 10.3. The van der Waals surface area contributed by atoms with Crippen LogP contribution in [0.4, 0.5) is 5.82 Å². The van der Waals surface area contributed by atoms with Crippen LogP contribution in [0.2, 0.25) is 10.2 Å². The third-order valence-corrected chi connectivity index (χ3v) is 3.97. The molecule has 88 valence electrons. The van der Waals surface area contributed by atoms with E-state index >= 15 is 0 Å². The molecule has 17 heavy (non-hydrogen) atoms. The molecule has 6 heteroatoms. The number of thiophene rings is 1. The summed E-state index contributed by atoms with van der Waals surface area (Å²) in [5.74, 6) is 0.132. The highest BCUT2D eigenvalue weighted by atomic mass is 35.5. The van der Waals surface area contributed by atoms with Crippen molar-refractivity contribution in [2.75, 3.05) is 5.32 Å². The van der Waals surface area contributed by atoms with Crippen molar-refractivity contribution in [2.45, 2.75) is 6.92 Å². The minimum absolute atomic E-state index is 0.275. The SMILES string of the molecule is Cc1csc(C(=O)Nc2cccc(Cl)n2)c1Cl. The Balaban J connectivity index is 2.20. The summed E-state index contributed by atoms with van der Waals surface area (Å²) in [5.41, 5.74) is 0.890. The average Bonchev–Trinajstić information content (AvgIpc) is 2.60. The molecule has 0 aromatic carbocycles. The molecule has 0 atom stereocenters. The molecule has 2 aromatic rings. The van der Waals surface area contributed by atoms with Crippen molar-refractivity contribution in [3.8, 4) is 0 Å². The lowest BCUT2D eigenvalue weighted by molar-refractivity contribution is 0.103. The normalized spacial score (nSPS) is 10.3. The van der Waals surface area contributed by atoms with Crippen LogP contribution in [0.3, 0.4) is 0 Å². The van der Waals surface area contributed by atoms with Gasteiger partial charge in [-0.15, -0.1) is 11.3 Å². The van der Waals surface area contributed by atoms with E-state index in [2.05, 4.69) is 10.3 Å². The lowest BCUT2D eigenvalue weighted by Crippen LogP contribution is -2.11. The first kappa shape index (κ1) is 12.4. The molecule has 0 spiro atoms. The summed E-state index contributed by atoms with van der Waals surface area (Å²) in [6.07, 6.45) is 0. The molecular formula is C11H8Cl2N2OS. The van der Waals surface area contributed by atoms with E-state index in [-0.39, 0.29) is 5.91 Å². The van der Waals surface area contributed by atoms with Gasteiger partial charge in [-0.05, 0) is 30.0 Å². The van der Waals surface area contributed by atoms with Gasteiger partial charge in [0.2, 0.25) is 0 Å². The number of amides is 1. The number of aryl methyl sites for hydroxylation is 1. The first-order chi connectivity index (χ1) is 8.08. The molecule has 0 aliphatic rings. The van der Waals surface area contributed by atoms with Gasteiger partial charge in [0.15, 0.2) is 0 Å². The van der Waals surface area contributed by atoms with Crippen molar-refractivity contribution in [2.24, 2.45) is 0 Å². The maximum absolute atomic E-state index is 11.9. The number of hydrogen-bond acceptors (Lipinski definition) is 3. The highest BCUT2D eigenvalue weighted by Gasteiger charge is 2.15. The van der Waals surface area contributed by atoms with Crippen LogP contribution in [0.25, 0.3) is 0 Å². The monoisotopic (exact) mass is 286 g/mol. The van der Waals surface area contributed by atoms with Crippen molar-refractivity contribution < 1.29 is 4.79 Å². The number of nitrogens with zero attached hydrogens (tertiary/aromatic N) is 1. The standard InChI is InChI=1S/C11H8Cl2N2OS/c1-6-5-17-10(9(6)13)11(16)15-8-4-2-3-7(12)14-8/h2-5H,1H3,(H,14,15,16). The number of carbonyl (C=O) groups is 1. The second-order valence-electron chi connectivity index (χ2n) is 3.36. The maximum atomic E-state index is 11.9. The number of hydrogen-bond donors (Lipinski definition) is 1. The number of halogens is 2. The fraction of sp³-hybridized carbons (Fsp3) is 0.0909. The van der Waals surface area contributed by atoms with Gasteiger partial charge in [0.1, 0.15) is 15.8 Å². The van der Waals surface area contributed by atoms with Gasteiger partial charge in [0, 0.05) is 0 Å². The summed E-state index contributed by atoms with van der Waals surface area (Å²) in [6.45, 7) is 1.85. The van der Waals surface area contributed by atoms with E-state index in [0.717, 1.165) is 5.56 Å². The fourth-order valence-electron chi connectivity index (χ4n) is 1.23. The second-order valence-corrected chi connectivity index (χ2v) is 5.01. The molecule has 0 radical (unpaired) electrons. The van der Waals surface area contributed by atoms with Crippen molar-refractivity contribution in [3.63, 3.8) is 0 Å². The Bertz CT molecular complexity index is 568. The van der Waals surface area contributed by atoms with E-state index in [9.17, 15) is 4.79 Å². The molecule has 0 aliphatic heterocycles. The Hall–Kier alpha value is -1.10. The molecule has 0 saturated heterocycles. The zero-order valence-electron chi connectivity index (χ0n) is 8.83. The predicted octanol–water partition coefficient (Wildman–Crippen LogP) is 4.01. The van der Waals surface area contributed by atoms with E-state index in [1.54, 1.807) is 18.2 Å². The molecule has 1 amide bonds. The number of rotatable bonds is 2. The molecule has 0 aliphatic carbocycles. The number of aromatic nitrogens is 1. The Morgan fingerprint density at radius 1 is 1.41 bits per heavy atom. The first-order valence-electron chi connectivity index (χ1n) is 4.75. The Labute approximate surface area is 112 Å². The van der Waals surface area contributed by atoms with Crippen molar-refractivity contribution in [1.82, 2.24) is 4.98 Å². The molecule has 3 nitrogen and oxygen atoms in total. The summed E-state index contributed by atoms with van der Waals surface area (Å²) in [4.78, 5) is 16.3. The summed E-state index contributed by atoms with van der Waals surface area (Å²) < 4.78 is 0. The van der Waals surface area contributed by atoms with Gasteiger partial charge in [-0.2, -0.15) is 0 Å². The zero-order chi connectivity index (χ0) is 12.4. The van der Waals surface area contributed by atoms with E-state index < -0.39 is 0 Å². The van der Waals surface area contributed by atoms with E-state index in [0.29, 0.717) is 20.9 Å². The summed E-state index contributed by atoms with van der Waals surface area (Å²) in [5, 5.41) is 5.29. The van der Waals surface area contributed by atoms with Crippen LogP contribution in [0.5, 0.6) is 0 Å².